The van der Waals surface area contributed by atoms with Crippen molar-refractivity contribution in [3.63, 3.8) is 0 Å². The van der Waals surface area contributed by atoms with Gasteiger partial charge in [-0.05, 0) is 59.7 Å². The average Bonchev–Trinajstić information content (AvgIpc) is 3.03. The summed E-state index contributed by atoms with van der Waals surface area (Å²) in [4.78, 5) is 26.5. The van der Waals surface area contributed by atoms with E-state index in [-0.39, 0.29) is 18.1 Å². The molecule has 4 rings (SSSR count). The standard InChI is InChI=1S/C24H17Br3N2O3/c25-18-5-1-15(2-6-18)13-29-23(30)21(28-24(29)31)12-17-11-20(27)9-10-22(17)32-14-16-3-7-19(26)8-4-16/h1-12H,13-14H2,(H,28,31)/b21-12+. The Morgan fingerprint density at radius 2 is 1.41 bits per heavy atom. The van der Waals surface area contributed by atoms with Gasteiger partial charge in [0.1, 0.15) is 18.1 Å². The third-order valence-electron chi connectivity index (χ3n) is 4.80. The molecule has 8 heteroatoms. The quantitative estimate of drug-likeness (QED) is 0.248. The lowest BCUT2D eigenvalue weighted by atomic mass is 10.1. The topological polar surface area (TPSA) is 58.6 Å². The molecule has 0 aliphatic carbocycles. The van der Waals surface area contributed by atoms with Crippen LogP contribution in [0.15, 0.2) is 85.8 Å². The van der Waals surface area contributed by atoms with Crippen LogP contribution in [0.3, 0.4) is 0 Å². The Bertz CT molecular complexity index is 1190. The summed E-state index contributed by atoms with van der Waals surface area (Å²) in [7, 11) is 0. The van der Waals surface area contributed by atoms with Crippen LogP contribution >= 0.6 is 47.8 Å². The minimum atomic E-state index is -0.448. The summed E-state index contributed by atoms with van der Waals surface area (Å²) in [5.74, 6) is 0.230. The highest BCUT2D eigenvalue weighted by atomic mass is 79.9. The van der Waals surface area contributed by atoms with Gasteiger partial charge < -0.3 is 10.1 Å². The second-order valence-corrected chi connectivity index (χ2v) is 9.85. The monoisotopic (exact) mass is 618 g/mol. The Hall–Kier alpha value is -2.42. The molecule has 3 aromatic carbocycles. The highest BCUT2D eigenvalue weighted by molar-refractivity contribution is 9.11. The number of nitrogens with zero attached hydrogens (tertiary/aromatic N) is 1. The number of amides is 3. The number of ether oxygens (including phenoxy) is 1. The Kier molecular flexibility index (Phi) is 7.13. The maximum absolute atomic E-state index is 12.9. The van der Waals surface area contributed by atoms with Crippen molar-refractivity contribution >= 4 is 65.8 Å². The maximum Gasteiger partial charge on any atom is 0.329 e. The molecule has 1 aliphatic heterocycles. The summed E-state index contributed by atoms with van der Waals surface area (Å²) < 4.78 is 8.77. The molecule has 3 aromatic rings. The fraction of sp³-hybridized carbons (Fsp3) is 0.0833. The molecule has 1 aliphatic rings. The minimum Gasteiger partial charge on any atom is -0.488 e. The predicted octanol–water partition coefficient (Wildman–Crippen LogP) is 6.65. The van der Waals surface area contributed by atoms with Gasteiger partial charge in [-0.1, -0.05) is 72.1 Å². The Balaban J connectivity index is 1.54. The number of halogens is 3. The molecule has 0 unspecified atom stereocenters. The van der Waals surface area contributed by atoms with Crippen LogP contribution in [0.2, 0.25) is 0 Å². The number of hydrogen-bond donors (Lipinski definition) is 1. The minimum absolute atomic E-state index is 0.195. The summed E-state index contributed by atoms with van der Waals surface area (Å²) in [5.41, 5.74) is 2.77. The van der Waals surface area contributed by atoms with Crippen LogP contribution < -0.4 is 10.1 Å². The van der Waals surface area contributed by atoms with E-state index in [1.165, 1.54) is 4.90 Å². The van der Waals surface area contributed by atoms with E-state index in [9.17, 15) is 9.59 Å². The van der Waals surface area contributed by atoms with Crippen LogP contribution in [0, 0.1) is 0 Å². The smallest absolute Gasteiger partial charge is 0.329 e. The summed E-state index contributed by atoms with van der Waals surface area (Å²) in [6.45, 7) is 0.571. The van der Waals surface area contributed by atoms with Crippen molar-refractivity contribution in [3.05, 3.63) is 103 Å². The van der Waals surface area contributed by atoms with E-state index in [2.05, 4.69) is 53.1 Å². The zero-order chi connectivity index (χ0) is 22.7. The first-order chi connectivity index (χ1) is 15.4. The fourth-order valence-electron chi connectivity index (χ4n) is 3.15. The van der Waals surface area contributed by atoms with Crippen molar-refractivity contribution < 1.29 is 14.3 Å². The van der Waals surface area contributed by atoms with Gasteiger partial charge >= 0.3 is 6.03 Å². The van der Waals surface area contributed by atoms with Gasteiger partial charge in [0.2, 0.25) is 0 Å². The van der Waals surface area contributed by atoms with Gasteiger partial charge in [0.25, 0.3) is 5.91 Å². The molecule has 5 nitrogen and oxygen atoms in total. The van der Waals surface area contributed by atoms with E-state index in [0.29, 0.717) is 17.9 Å². The number of nitrogens with one attached hydrogen (secondary N) is 1. The van der Waals surface area contributed by atoms with Gasteiger partial charge in [-0.25, -0.2) is 4.79 Å². The van der Waals surface area contributed by atoms with Gasteiger partial charge in [-0.2, -0.15) is 0 Å². The van der Waals surface area contributed by atoms with Crippen LogP contribution in [0.4, 0.5) is 4.79 Å². The number of rotatable bonds is 6. The van der Waals surface area contributed by atoms with Gasteiger partial charge in [-0.3, -0.25) is 9.69 Å². The van der Waals surface area contributed by atoms with E-state index >= 15 is 0 Å². The first kappa shape index (κ1) is 22.8. The molecular formula is C24H17Br3N2O3. The van der Waals surface area contributed by atoms with Crippen molar-refractivity contribution in [1.29, 1.82) is 0 Å². The normalized spacial score (nSPS) is 14.7. The van der Waals surface area contributed by atoms with Gasteiger partial charge in [-0.15, -0.1) is 0 Å². The first-order valence-corrected chi connectivity index (χ1v) is 12.0. The maximum atomic E-state index is 12.9. The lowest BCUT2D eigenvalue weighted by molar-refractivity contribution is -0.123. The largest absolute Gasteiger partial charge is 0.488 e. The summed E-state index contributed by atoms with van der Waals surface area (Å²) in [6, 6.07) is 20.4. The molecule has 0 saturated carbocycles. The molecule has 0 bridgehead atoms. The number of benzene rings is 3. The van der Waals surface area contributed by atoms with Gasteiger partial charge in [0.15, 0.2) is 0 Å². The van der Waals surface area contributed by atoms with Gasteiger partial charge in [0, 0.05) is 19.0 Å². The van der Waals surface area contributed by atoms with Gasteiger partial charge in [0.05, 0.1) is 6.54 Å². The number of carbonyl (C=O) groups excluding carboxylic acids is 2. The summed E-state index contributed by atoms with van der Waals surface area (Å²) in [5, 5.41) is 2.67. The van der Waals surface area contributed by atoms with Crippen molar-refractivity contribution in [2.75, 3.05) is 0 Å². The van der Waals surface area contributed by atoms with E-state index in [0.717, 1.165) is 24.5 Å². The van der Waals surface area contributed by atoms with Crippen LogP contribution in [0.5, 0.6) is 5.75 Å². The molecule has 3 amide bonds. The van der Waals surface area contributed by atoms with Crippen LogP contribution in [-0.2, 0) is 17.9 Å². The second-order valence-electron chi connectivity index (χ2n) is 7.10. The lowest BCUT2D eigenvalue weighted by Crippen LogP contribution is -2.30. The van der Waals surface area contributed by atoms with Crippen LogP contribution in [-0.4, -0.2) is 16.8 Å². The predicted molar refractivity (Wildman–Crippen MR) is 134 cm³/mol. The lowest BCUT2D eigenvalue weighted by Gasteiger charge is -2.12. The summed E-state index contributed by atoms with van der Waals surface area (Å²) >= 11 is 10.3. The number of urea groups is 1. The highest BCUT2D eigenvalue weighted by Gasteiger charge is 2.33. The SMILES string of the molecule is O=C1N/C(=C/c2cc(Br)ccc2OCc2ccc(Br)cc2)C(=O)N1Cc1ccc(Br)cc1. The Morgan fingerprint density at radius 1 is 0.812 bits per heavy atom. The third kappa shape index (κ3) is 5.49. The van der Waals surface area contributed by atoms with Crippen molar-refractivity contribution in [2.45, 2.75) is 13.2 Å². The van der Waals surface area contributed by atoms with E-state index in [4.69, 9.17) is 4.74 Å². The van der Waals surface area contributed by atoms with E-state index in [1.54, 1.807) is 6.08 Å². The molecule has 1 heterocycles. The fourth-order valence-corrected chi connectivity index (χ4v) is 4.06. The van der Waals surface area contributed by atoms with Crippen LogP contribution in [0.1, 0.15) is 16.7 Å². The van der Waals surface area contributed by atoms with E-state index < -0.39 is 6.03 Å². The van der Waals surface area contributed by atoms with Crippen molar-refractivity contribution in [3.8, 4) is 5.75 Å². The molecule has 1 N–H and O–H groups in total. The number of carbonyl (C=O) groups is 2. The summed E-state index contributed by atoms with van der Waals surface area (Å²) in [6.07, 6.45) is 1.64. The van der Waals surface area contributed by atoms with Crippen LogP contribution in [0.25, 0.3) is 6.08 Å². The Morgan fingerprint density at radius 3 is 2.06 bits per heavy atom. The van der Waals surface area contributed by atoms with E-state index in [1.807, 2.05) is 66.7 Å². The van der Waals surface area contributed by atoms with Crippen molar-refractivity contribution in [1.82, 2.24) is 10.2 Å². The molecule has 0 spiro atoms. The Labute approximate surface area is 210 Å². The molecular weight excluding hydrogens is 604 g/mol. The molecule has 1 saturated heterocycles. The molecule has 32 heavy (non-hydrogen) atoms. The molecule has 1 fully saturated rings. The van der Waals surface area contributed by atoms with Crippen molar-refractivity contribution in [2.24, 2.45) is 0 Å². The zero-order valence-electron chi connectivity index (χ0n) is 16.6. The molecule has 0 radical (unpaired) electrons. The number of imide groups is 1. The second kappa shape index (κ2) is 10.0. The zero-order valence-corrected chi connectivity index (χ0v) is 21.4. The number of hydrogen-bond acceptors (Lipinski definition) is 3. The highest BCUT2D eigenvalue weighted by Crippen LogP contribution is 2.28. The molecule has 0 atom stereocenters. The molecule has 162 valence electrons. The first-order valence-electron chi connectivity index (χ1n) is 9.65. The average molecular weight is 621 g/mol. The molecule has 0 aromatic heterocycles. The third-order valence-corrected chi connectivity index (χ3v) is 6.35.